The van der Waals surface area contributed by atoms with Crippen molar-refractivity contribution in [3.8, 4) is 0 Å². The third kappa shape index (κ3) is 2.34. The Morgan fingerprint density at radius 3 is 2.31 bits per heavy atom. The van der Waals surface area contributed by atoms with E-state index in [0.29, 0.717) is 6.42 Å². The zero-order valence-corrected chi connectivity index (χ0v) is 7.81. The van der Waals surface area contributed by atoms with Crippen molar-refractivity contribution in [1.82, 2.24) is 0 Å². The monoisotopic (exact) mass is 189 g/mol. The lowest BCUT2D eigenvalue weighted by molar-refractivity contribution is -0.125. The Balaban J connectivity index is 2.65. The first-order valence-corrected chi connectivity index (χ1v) is 4.36. The standard InChI is InChI=1S/C9H13F2NO/c1-7(2)3-8(12-6-13)4-9(10,11)5-8/h7H,3-5H2,1-2H3. The quantitative estimate of drug-likeness (QED) is 0.495. The molecule has 0 radical (unpaired) electrons. The highest BCUT2D eigenvalue weighted by Gasteiger charge is 2.56. The van der Waals surface area contributed by atoms with Gasteiger partial charge in [0, 0.05) is 12.8 Å². The molecular weight excluding hydrogens is 176 g/mol. The van der Waals surface area contributed by atoms with Gasteiger partial charge in [0.25, 0.3) is 5.92 Å². The Morgan fingerprint density at radius 2 is 2.00 bits per heavy atom. The van der Waals surface area contributed by atoms with Crippen molar-refractivity contribution in [3.05, 3.63) is 0 Å². The highest BCUT2D eigenvalue weighted by Crippen LogP contribution is 2.50. The molecule has 13 heavy (non-hydrogen) atoms. The molecule has 0 aromatic rings. The van der Waals surface area contributed by atoms with Crippen LogP contribution in [0.25, 0.3) is 0 Å². The van der Waals surface area contributed by atoms with E-state index in [2.05, 4.69) is 4.99 Å². The number of hydrogen-bond donors (Lipinski definition) is 0. The summed E-state index contributed by atoms with van der Waals surface area (Å²) >= 11 is 0. The minimum Gasteiger partial charge on any atom is -0.211 e. The summed E-state index contributed by atoms with van der Waals surface area (Å²) in [6, 6.07) is 0. The van der Waals surface area contributed by atoms with Gasteiger partial charge in [-0.25, -0.2) is 13.6 Å². The molecule has 0 spiro atoms. The first-order chi connectivity index (χ1) is 5.89. The van der Waals surface area contributed by atoms with Crippen molar-refractivity contribution in [2.75, 3.05) is 0 Å². The topological polar surface area (TPSA) is 29.4 Å². The molecule has 2 nitrogen and oxygen atoms in total. The average Bonchev–Trinajstić information content (AvgIpc) is 1.80. The van der Waals surface area contributed by atoms with Gasteiger partial charge in [-0.05, 0) is 12.3 Å². The molecule has 1 aliphatic rings. The maximum atomic E-state index is 12.6. The van der Waals surface area contributed by atoms with E-state index in [9.17, 15) is 13.6 Å². The van der Waals surface area contributed by atoms with Gasteiger partial charge in [-0.15, -0.1) is 0 Å². The van der Waals surface area contributed by atoms with Gasteiger partial charge in [-0.1, -0.05) is 13.8 Å². The molecule has 1 fully saturated rings. The number of carbonyl (C=O) groups excluding carboxylic acids is 1. The molecule has 1 saturated carbocycles. The Labute approximate surface area is 76.0 Å². The normalized spacial score (nSPS) is 23.5. The van der Waals surface area contributed by atoms with E-state index in [1.807, 2.05) is 13.8 Å². The number of halogens is 2. The molecule has 0 heterocycles. The Hall–Kier alpha value is -0.760. The number of aliphatic imine (C=N–C) groups is 1. The number of hydrogen-bond acceptors (Lipinski definition) is 2. The van der Waals surface area contributed by atoms with Crippen LogP contribution in [-0.2, 0) is 4.79 Å². The van der Waals surface area contributed by atoms with Gasteiger partial charge in [-0.2, -0.15) is 4.99 Å². The summed E-state index contributed by atoms with van der Waals surface area (Å²) in [6.45, 7) is 3.86. The summed E-state index contributed by atoms with van der Waals surface area (Å²) in [4.78, 5) is 13.6. The average molecular weight is 189 g/mol. The van der Waals surface area contributed by atoms with Crippen molar-refractivity contribution in [2.45, 2.75) is 44.6 Å². The SMILES string of the molecule is CC(C)CC1(N=C=O)CC(F)(F)C1. The predicted octanol–water partition coefficient (Wildman–Crippen LogP) is 2.54. The molecule has 1 aliphatic carbocycles. The summed E-state index contributed by atoms with van der Waals surface area (Å²) in [6.07, 6.45) is 1.34. The molecular formula is C9H13F2NO. The van der Waals surface area contributed by atoms with Crippen LogP contribution in [-0.4, -0.2) is 17.5 Å². The fourth-order valence-corrected chi connectivity index (χ4v) is 2.04. The van der Waals surface area contributed by atoms with Crippen LogP contribution in [0.2, 0.25) is 0 Å². The minimum absolute atomic E-state index is 0.271. The van der Waals surface area contributed by atoms with Crippen LogP contribution >= 0.6 is 0 Å². The molecule has 0 saturated heterocycles. The smallest absolute Gasteiger partial charge is 0.211 e. The summed E-state index contributed by atoms with van der Waals surface area (Å²) in [5.74, 6) is -2.36. The van der Waals surface area contributed by atoms with Gasteiger partial charge in [-0.3, -0.25) is 0 Å². The third-order valence-corrected chi connectivity index (χ3v) is 2.25. The summed E-state index contributed by atoms with van der Waals surface area (Å²) in [7, 11) is 0. The van der Waals surface area contributed by atoms with Crippen LogP contribution in [0.3, 0.4) is 0 Å². The van der Waals surface area contributed by atoms with E-state index >= 15 is 0 Å². The fourth-order valence-electron chi connectivity index (χ4n) is 2.04. The Morgan fingerprint density at radius 1 is 1.46 bits per heavy atom. The lowest BCUT2D eigenvalue weighted by Gasteiger charge is -2.44. The van der Waals surface area contributed by atoms with Gasteiger partial charge in [0.2, 0.25) is 6.08 Å². The molecule has 0 aliphatic heterocycles. The molecule has 0 atom stereocenters. The first-order valence-electron chi connectivity index (χ1n) is 4.36. The number of rotatable bonds is 3. The molecule has 0 aromatic heterocycles. The number of alkyl halides is 2. The van der Waals surface area contributed by atoms with Crippen LogP contribution in [0, 0.1) is 5.92 Å². The van der Waals surface area contributed by atoms with Crippen LogP contribution < -0.4 is 0 Å². The summed E-state index contributed by atoms with van der Waals surface area (Å²) < 4.78 is 25.2. The molecule has 4 heteroatoms. The van der Waals surface area contributed by atoms with Crippen LogP contribution in [0.15, 0.2) is 4.99 Å². The zero-order valence-electron chi connectivity index (χ0n) is 7.81. The van der Waals surface area contributed by atoms with Gasteiger partial charge < -0.3 is 0 Å². The van der Waals surface area contributed by atoms with E-state index in [4.69, 9.17) is 0 Å². The third-order valence-electron chi connectivity index (χ3n) is 2.25. The predicted molar refractivity (Wildman–Crippen MR) is 44.5 cm³/mol. The molecule has 1 rings (SSSR count). The van der Waals surface area contributed by atoms with E-state index in [1.165, 1.54) is 6.08 Å². The zero-order chi connectivity index (χ0) is 10.1. The Bertz CT molecular complexity index is 230. The van der Waals surface area contributed by atoms with Crippen molar-refractivity contribution in [3.63, 3.8) is 0 Å². The fraction of sp³-hybridized carbons (Fsp3) is 0.889. The van der Waals surface area contributed by atoms with E-state index in [-0.39, 0.29) is 18.8 Å². The van der Waals surface area contributed by atoms with E-state index in [1.54, 1.807) is 0 Å². The Kier molecular flexibility index (Phi) is 2.53. The molecule has 0 amide bonds. The minimum atomic E-state index is -2.63. The highest BCUT2D eigenvalue weighted by atomic mass is 19.3. The number of isocyanates is 1. The second-order valence-electron chi connectivity index (χ2n) is 4.23. The highest BCUT2D eigenvalue weighted by molar-refractivity contribution is 5.36. The van der Waals surface area contributed by atoms with Crippen molar-refractivity contribution in [1.29, 1.82) is 0 Å². The van der Waals surface area contributed by atoms with Gasteiger partial charge in [0.1, 0.15) is 0 Å². The second-order valence-corrected chi connectivity index (χ2v) is 4.23. The van der Waals surface area contributed by atoms with Crippen molar-refractivity contribution < 1.29 is 13.6 Å². The van der Waals surface area contributed by atoms with Crippen LogP contribution in [0.4, 0.5) is 8.78 Å². The first kappa shape index (κ1) is 10.3. The lowest BCUT2D eigenvalue weighted by Crippen LogP contribution is -2.51. The molecule has 0 N–H and O–H groups in total. The van der Waals surface area contributed by atoms with Gasteiger partial charge in [0.05, 0.1) is 5.54 Å². The maximum Gasteiger partial charge on any atom is 0.252 e. The van der Waals surface area contributed by atoms with Crippen molar-refractivity contribution in [2.24, 2.45) is 10.9 Å². The molecule has 0 aromatic carbocycles. The van der Waals surface area contributed by atoms with Crippen LogP contribution in [0.1, 0.15) is 33.1 Å². The van der Waals surface area contributed by atoms with Gasteiger partial charge >= 0.3 is 0 Å². The molecule has 74 valence electrons. The van der Waals surface area contributed by atoms with E-state index in [0.717, 1.165) is 0 Å². The maximum absolute atomic E-state index is 12.6. The summed E-state index contributed by atoms with van der Waals surface area (Å²) in [5.41, 5.74) is -0.820. The van der Waals surface area contributed by atoms with Gasteiger partial charge in [0.15, 0.2) is 0 Å². The summed E-state index contributed by atoms with van der Waals surface area (Å²) in [5, 5.41) is 0. The largest absolute Gasteiger partial charge is 0.252 e. The lowest BCUT2D eigenvalue weighted by atomic mass is 9.69. The van der Waals surface area contributed by atoms with Crippen LogP contribution in [0.5, 0.6) is 0 Å². The van der Waals surface area contributed by atoms with E-state index < -0.39 is 11.5 Å². The second kappa shape index (κ2) is 3.18. The molecule has 0 bridgehead atoms. The van der Waals surface area contributed by atoms with Crippen molar-refractivity contribution >= 4 is 6.08 Å². The molecule has 0 unspecified atom stereocenters. The number of nitrogens with zero attached hydrogens (tertiary/aromatic N) is 1.